The Balaban J connectivity index is 2.07. The van der Waals surface area contributed by atoms with E-state index in [2.05, 4.69) is 20.4 Å². The molecule has 0 spiro atoms. The molecule has 1 aliphatic rings. The van der Waals surface area contributed by atoms with Crippen LogP contribution in [0.15, 0.2) is 23.2 Å². The van der Waals surface area contributed by atoms with Crippen molar-refractivity contribution in [3.05, 3.63) is 23.8 Å². The number of nitrogens with one attached hydrogen (secondary N) is 2. The van der Waals surface area contributed by atoms with Crippen LogP contribution >= 0.6 is 0 Å². The zero-order valence-corrected chi connectivity index (χ0v) is 16.5. The third-order valence-corrected chi connectivity index (χ3v) is 4.43. The number of hydrogen-bond acceptors (Lipinski definition) is 4. The number of halogens is 2. The summed E-state index contributed by atoms with van der Waals surface area (Å²) in [5, 5.41) is 6.45. The number of nitrogens with zero attached hydrogens (tertiary/aromatic N) is 2. The molecule has 0 bridgehead atoms. The highest BCUT2D eigenvalue weighted by Gasteiger charge is 2.25. The van der Waals surface area contributed by atoms with E-state index >= 15 is 0 Å². The topological polar surface area (TPSA) is 75.2 Å². The van der Waals surface area contributed by atoms with Crippen LogP contribution in [0.25, 0.3) is 0 Å². The van der Waals surface area contributed by atoms with Crippen molar-refractivity contribution in [1.82, 2.24) is 15.5 Å². The van der Waals surface area contributed by atoms with Gasteiger partial charge in [0.05, 0.1) is 13.7 Å². The van der Waals surface area contributed by atoms with Gasteiger partial charge in [-0.1, -0.05) is 6.92 Å². The van der Waals surface area contributed by atoms with Gasteiger partial charge in [0.2, 0.25) is 5.91 Å². The maximum absolute atomic E-state index is 12.7. The number of rotatable bonds is 8. The maximum atomic E-state index is 12.7. The third-order valence-electron chi connectivity index (χ3n) is 4.43. The number of methoxy groups -OCH3 is 1. The van der Waals surface area contributed by atoms with E-state index in [-0.39, 0.29) is 24.2 Å². The fourth-order valence-corrected chi connectivity index (χ4v) is 3.00. The number of carbonyl (C=O) groups is 1. The van der Waals surface area contributed by atoms with Gasteiger partial charge in [-0.25, -0.2) is 4.99 Å². The first kappa shape index (κ1) is 21.7. The van der Waals surface area contributed by atoms with Gasteiger partial charge in [-0.15, -0.1) is 0 Å². The molecule has 1 heterocycles. The largest absolute Gasteiger partial charge is 0.497 e. The average Bonchev–Trinajstić information content (AvgIpc) is 3.14. The Hall–Kier alpha value is -2.58. The second-order valence-electron chi connectivity index (χ2n) is 6.37. The first-order chi connectivity index (χ1) is 13.5. The van der Waals surface area contributed by atoms with E-state index in [0.717, 1.165) is 6.42 Å². The van der Waals surface area contributed by atoms with E-state index in [4.69, 9.17) is 4.74 Å². The number of alkyl halides is 2. The zero-order chi connectivity index (χ0) is 20.5. The molecule has 1 fully saturated rings. The Morgan fingerprint density at radius 1 is 1.39 bits per heavy atom. The summed E-state index contributed by atoms with van der Waals surface area (Å²) in [6, 6.07) is 4.85. The van der Waals surface area contributed by atoms with Gasteiger partial charge < -0.3 is 25.0 Å². The van der Waals surface area contributed by atoms with E-state index < -0.39 is 6.61 Å². The van der Waals surface area contributed by atoms with Crippen molar-refractivity contribution in [2.75, 3.05) is 26.7 Å². The second kappa shape index (κ2) is 10.7. The summed E-state index contributed by atoms with van der Waals surface area (Å²) in [5.74, 6) is 1.17. The van der Waals surface area contributed by atoms with E-state index in [1.165, 1.54) is 13.2 Å². The van der Waals surface area contributed by atoms with Crippen molar-refractivity contribution in [3.63, 3.8) is 0 Å². The summed E-state index contributed by atoms with van der Waals surface area (Å²) in [4.78, 5) is 18.1. The predicted molar refractivity (Wildman–Crippen MR) is 103 cm³/mol. The Kier molecular flexibility index (Phi) is 8.28. The minimum Gasteiger partial charge on any atom is -0.497 e. The van der Waals surface area contributed by atoms with Crippen LogP contribution in [0.1, 0.15) is 32.3 Å². The minimum atomic E-state index is -2.93. The van der Waals surface area contributed by atoms with Crippen molar-refractivity contribution >= 4 is 11.9 Å². The van der Waals surface area contributed by atoms with Gasteiger partial charge >= 0.3 is 6.61 Å². The monoisotopic (exact) mass is 398 g/mol. The lowest BCUT2D eigenvalue weighted by Gasteiger charge is -2.19. The van der Waals surface area contributed by atoms with Gasteiger partial charge in [0.1, 0.15) is 11.5 Å². The van der Waals surface area contributed by atoms with Crippen molar-refractivity contribution in [1.29, 1.82) is 0 Å². The SMILES string of the molecule is CCNC(=NCc1ccc(OC)cc1OC(F)F)NC1CCN(C(=O)CC)C1. The van der Waals surface area contributed by atoms with Gasteiger partial charge in [0, 0.05) is 43.7 Å². The molecular weight excluding hydrogens is 370 g/mol. The molecule has 0 radical (unpaired) electrons. The number of guanidine groups is 1. The van der Waals surface area contributed by atoms with Crippen LogP contribution in [0.5, 0.6) is 11.5 Å². The van der Waals surface area contributed by atoms with Crippen LogP contribution in [-0.2, 0) is 11.3 Å². The molecule has 1 unspecified atom stereocenters. The molecule has 2 rings (SSSR count). The van der Waals surface area contributed by atoms with E-state index in [9.17, 15) is 13.6 Å². The molecule has 156 valence electrons. The summed E-state index contributed by atoms with van der Waals surface area (Å²) in [6.07, 6.45) is 1.32. The molecular formula is C19H28F2N4O3. The summed E-state index contributed by atoms with van der Waals surface area (Å²) in [5.41, 5.74) is 0.521. The highest BCUT2D eigenvalue weighted by atomic mass is 19.3. The Morgan fingerprint density at radius 3 is 2.82 bits per heavy atom. The standard InChI is InChI=1S/C19H28F2N4O3/c1-4-17(26)25-9-8-14(12-25)24-19(22-5-2)23-11-13-6-7-15(27-3)10-16(13)28-18(20)21/h6-7,10,14,18H,4-5,8-9,11-12H2,1-3H3,(H2,22,23,24). The molecule has 1 aliphatic heterocycles. The first-order valence-electron chi connectivity index (χ1n) is 9.41. The first-order valence-corrected chi connectivity index (χ1v) is 9.41. The molecule has 2 N–H and O–H groups in total. The fourth-order valence-electron chi connectivity index (χ4n) is 3.00. The van der Waals surface area contributed by atoms with Gasteiger partial charge in [-0.3, -0.25) is 4.79 Å². The summed E-state index contributed by atoms with van der Waals surface area (Å²) < 4.78 is 35.1. The van der Waals surface area contributed by atoms with Crippen molar-refractivity contribution in [3.8, 4) is 11.5 Å². The zero-order valence-electron chi connectivity index (χ0n) is 16.5. The lowest BCUT2D eigenvalue weighted by atomic mass is 10.2. The van der Waals surface area contributed by atoms with Crippen LogP contribution in [0.2, 0.25) is 0 Å². The van der Waals surface area contributed by atoms with Crippen LogP contribution in [-0.4, -0.2) is 56.2 Å². The molecule has 1 saturated heterocycles. The van der Waals surface area contributed by atoms with Gasteiger partial charge in [0.15, 0.2) is 5.96 Å². The average molecular weight is 398 g/mol. The highest BCUT2D eigenvalue weighted by molar-refractivity contribution is 5.80. The van der Waals surface area contributed by atoms with Crippen LogP contribution in [0.3, 0.4) is 0 Å². The minimum absolute atomic E-state index is 0.0366. The molecule has 9 heteroatoms. The number of carbonyl (C=O) groups excluding carboxylic acids is 1. The molecule has 0 aliphatic carbocycles. The number of ether oxygens (including phenoxy) is 2. The van der Waals surface area contributed by atoms with Gasteiger partial charge in [-0.2, -0.15) is 8.78 Å². The number of hydrogen-bond donors (Lipinski definition) is 2. The molecule has 0 aromatic heterocycles. The normalized spacial score (nSPS) is 17.0. The Morgan fingerprint density at radius 2 is 2.18 bits per heavy atom. The molecule has 28 heavy (non-hydrogen) atoms. The third kappa shape index (κ3) is 6.24. The summed E-state index contributed by atoms with van der Waals surface area (Å²) in [6.45, 7) is 3.01. The van der Waals surface area contributed by atoms with E-state index in [0.29, 0.717) is 43.3 Å². The molecule has 1 aromatic carbocycles. The van der Waals surface area contributed by atoms with Gasteiger partial charge in [0.25, 0.3) is 0 Å². The van der Waals surface area contributed by atoms with Crippen molar-refractivity contribution in [2.45, 2.75) is 45.9 Å². The van der Waals surface area contributed by atoms with Crippen molar-refractivity contribution < 1.29 is 23.0 Å². The summed E-state index contributed by atoms with van der Waals surface area (Å²) in [7, 11) is 1.46. The molecule has 1 atom stereocenters. The maximum Gasteiger partial charge on any atom is 0.387 e. The Bertz CT molecular complexity index is 685. The number of aliphatic imine (C=N–C) groups is 1. The number of amides is 1. The lowest BCUT2D eigenvalue weighted by Crippen LogP contribution is -2.45. The van der Waals surface area contributed by atoms with E-state index in [1.54, 1.807) is 12.1 Å². The van der Waals surface area contributed by atoms with Crippen LogP contribution in [0, 0.1) is 0 Å². The second-order valence-corrected chi connectivity index (χ2v) is 6.37. The molecule has 0 saturated carbocycles. The number of likely N-dealkylation sites (tertiary alicyclic amines) is 1. The molecule has 1 amide bonds. The predicted octanol–water partition coefficient (Wildman–Crippen LogP) is 2.36. The summed E-state index contributed by atoms with van der Waals surface area (Å²) >= 11 is 0. The quantitative estimate of drug-likeness (QED) is 0.519. The van der Waals surface area contributed by atoms with E-state index in [1.807, 2.05) is 18.7 Å². The van der Waals surface area contributed by atoms with Crippen molar-refractivity contribution in [2.24, 2.45) is 4.99 Å². The smallest absolute Gasteiger partial charge is 0.387 e. The highest BCUT2D eigenvalue weighted by Crippen LogP contribution is 2.27. The van der Waals surface area contributed by atoms with Crippen LogP contribution in [0.4, 0.5) is 8.78 Å². The van der Waals surface area contributed by atoms with Gasteiger partial charge in [-0.05, 0) is 25.5 Å². The fraction of sp³-hybridized carbons (Fsp3) is 0.579. The molecule has 1 aromatic rings. The number of benzene rings is 1. The lowest BCUT2D eigenvalue weighted by molar-refractivity contribution is -0.129. The Labute approximate surface area is 164 Å². The molecule has 7 nitrogen and oxygen atoms in total. The van der Waals surface area contributed by atoms with Crippen LogP contribution < -0.4 is 20.1 Å².